The number of nitrogens with zero attached hydrogens (tertiary/aromatic N) is 4. The fourth-order valence-electron chi connectivity index (χ4n) is 7.47. The van der Waals surface area contributed by atoms with E-state index in [1.807, 2.05) is 36.4 Å². The van der Waals surface area contributed by atoms with Gasteiger partial charge in [0.15, 0.2) is 17.5 Å². The molecule has 0 aliphatic heterocycles. The lowest BCUT2D eigenvalue weighted by molar-refractivity contribution is 1.08. The molecule has 238 valence electrons. The smallest absolute Gasteiger partial charge is 0.164 e. The van der Waals surface area contributed by atoms with Crippen molar-refractivity contribution in [3.05, 3.63) is 182 Å². The monoisotopic (exact) mass is 650 g/mol. The summed E-state index contributed by atoms with van der Waals surface area (Å²) in [5, 5.41) is 7.12. The molecule has 0 saturated carbocycles. The molecule has 0 bridgehead atoms. The highest BCUT2D eigenvalue weighted by Crippen LogP contribution is 2.42. The molecule has 0 aliphatic rings. The van der Waals surface area contributed by atoms with Crippen molar-refractivity contribution in [1.29, 1.82) is 0 Å². The second kappa shape index (κ2) is 11.9. The Morgan fingerprint density at radius 2 is 0.882 bits per heavy atom. The molecule has 0 aliphatic carbocycles. The summed E-state index contributed by atoms with van der Waals surface area (Å²) in [5.74, 6) is 1.92. The normalized spacial score (nSPS) is 11.5. The lowest BCUT2D eigenvalue weighted by Crippen LogP contribution is -2.02. The van der Waals surface area contributed by atoms with Gasteiger partial charge < -0.3 is 4.57 Å². The topological polar surface area (TPSA) is 43.6 Å². The number of para-hydroxylation sites is 1. The summed E-state index contributed by atoms with van der Waals surface area (Å²) in [6, 6.07) is 64.0. The number of benzene rings is 8. The SMILES string of the molecule is c1ccc(-c2nc(-c3ccccc3)nc(-c3ccc(-n4c5ccccc5c5cc6ccccc6cc54)c4c(-c5ccccc5)cccc34)n2)cc1. The Bertz CT molecular complexity index is 2840. The molecule has 4 nitrogen and oxygen atoms in total. The van der Waals surface area contributed by atoms with Gasteiger partial charge in [-0.3, -0.25) is 0 Å². The first-order valence-corrected chi connectivity index (χ1v) is 17.2. The Morgan fingerprint density at radius 1 is 0.333 bits per heavy atom. The molecule has 0 N–H and O–H groups in total. The predicted octanol–water partition coefficient (Wildman–Crippen LogP) is 11.9. The van der Waals surface area contributed by atoms with E-state index in [0.29, 0.717) is 17.5 Å². The molecule has 0 radical (unpaired) electrons. The first-order chi connectivity index (χ1) is 25.3. The van der Waals surface area contributed by atoms with Crippen molar-refractivity contribution in [1.82, 2.24) is 19.5 Å². The predicted molar refractivity (Wildman–Crippen MR) is 211 cm³/mol. The molecule has 0 unspecified atom stereocenters. The lowest BCUT2D eigenvalue weighted by Gasteiger charge is -2.18. The number of rotatable bonds is 5. The summed E-state index contributed by atoms with van der Waals surface area (Å²) in [6.07, 6.45) is 0. The van der Waals surface area contributed by atoms with Gasteiger partial charge in [0.05, 0.1) is 16.7 Å². The lowest BCUT2D eigenvalue weighted by atomic mass is 9.93. The third kappa shape index (κ3) is 4.88. The van der Waals surface area contributed by atoms with E-state index < -0.39 is 0 Å². The fourth-order valence-corrected chi connectivity index (χ4v) is 7.47. The van der Waals surface area contributed by atoms with E-state index in [1.54, 1.807) is 0 Å². The van der Waals surface area contributed by atoms with Gasteiger partial charge in [-0.1, -0.05) is 152 Å². The van der Waals surface area contributed by atoms with E-state index >= 15 is 0 Å². The summed E-state index contributed by atoms with van der Waals surface area (Å²) in [7, 11) is 0. The zero-order valence-corrected chi connectivity index (χ0v) is 27.6. The molecule has 4 heteroatoms. The van der Waals surface area contributed by atoms with Gasteiger partial charge in [0.2, 0.25) is 0 Å². The van der Waals surface area contributed by atoms with Crippen molar-refractivity contribution in [2.45, 2.75) is 0 Å². The molecule has 2 aromatic heterocycles. The van der Waals surface area contributed by atoms with Crippen LogP contribution in [0.15, 0.2) is 182 Å². The van der Waals surface area contributed by atoms with Gasteiger partial charge in [-0.05, 0) is 57.6 Å². The molecule has 2 heterocycles. The maximum absolute atomic E-state index is 5.15. The molecule has 10 rings (SSSR count). The van der Waals surface area contributed by atoms with Crippen LogP contribution >= 0.6 is 0 Å². The summed E-state index contributed by atoms with van der Waals surface area (Å²) in [5.41, 5.74) is 8.59. The van der Waals surface area contributed by atoms with Gasteiger partial charge in [0.25, 0.3) is 0 Å². The third-order valence-electron chi connectivity index (χ3n) is 9.82. The molecule has 0 saturated heterocycles. The van der Waals surface area contributed by atoms with E-state index in [-0.39, 0.29) is 0 Å². The van der Waals surface area contributed by atoms with E-state index in [9.17, 15) is 0 Å². The molecule has 10 aromatic rings. The minimum atomic E-state index is 0.637. The van der Waals surface area contributed by atoms with Crippen molar-refractivity contribution in [3.8, 4) is 51.0 Å². The van der Waals surface area contributed by atoms with Crippen LogP contribution in [0.5, 0.6) is 0 Å². The third-order valence-corrected chi connectivity index (χ3v) is 9.82. The van der Waals surface area contributed by atoms with Crippen molar-refractivity contribution in [2.24, 2.45) is 0 Å². The van der Waals surface area contributed by atoms with Crippen molar-refractivity contribution >= 4 is 43.4 Å². The zero-order valence-electron chi connectivity index (χ0n) is 27.6. The first-order valence-electron chi connectivity index (χ1n) is 17.2. The molecule has 0 amide bonds. The highest BCUT2D eigenvalue weighted by Gasteiger charge is 2.21. The van der Waals surface area contributed by atoms with E-state index in [4.69, 9.17) is 15.0 Å². The van der Waals surface area contributed by atoms with Gasteiger partial charge in [-0.2, -0.15) is 0 Å². The van der Waals surface area contributed by atoms with Crippen molar-refractivity contribution in [2.75, 3.05) is 0 Å². The van der Waals surface area contributed by atoms with Crippen LogP contribution in [0, 0.1) is 0 Å². The van der Waals surface area contributed by atoms with Crippen LogP contribution < -0.4 is 0 Å². The van der Waals surface area contributed by atoms with E-state index in [1.165, 1.54) is 27.1 Å². The molecular formula is C47H30N4. The second-order valence-electron chi connectivity index (χ2n) is 12.8. The largest absolute Gasteiger partial charge is 0.309 e. The summed E-state index contributed by atoms with van der Waals surface area (Å²) in [4.78, 5) is 15.3. The molecular weight excluding hydrogens is 621 g/mol. The maximum Gasteiger partial charge on any atom is 0.164 e. The van der Waals surface area contributed by atoms with Crippen LogP contribution in [-0.2, 0) is 0 Å². The average molecular weight is 651 g/mol. The molecule has 51 heavy (non-hydrogen) atoms. The van der Waals surface area contributed by atoms with Gasteiger partial charge >= 0.3 is 0 Å². The quantitative estimate of drug-likeness (QED) is 0.186. The van der Waals surface area contributed by atoms with E-state index in [2.05, 4.69) is 150 Å². The Labute approximate surface area is 295 Å². The van der Waals surface area contributed by atoms with Crippen LogP contribution in [-0.4, -0.2) is 19.5 Å². The minimum Gasteiger partial charge on any atom is -0.309 e. The van der Waals surface area contributed by atoms with E-state index in [0.717, 1.165) is 49.8 Å². The minimum absolute atomic E-state index is 0.637. The van der Waals surface area contributed by atoms with Crippen LogP contribution in [0.3, 0.4) is 0 Å². The van der Waals surface area contributed by atoms with Crippen LogP contribution in [0.1, 0.15) is 0 Å². The Kier molecular flexibility index (Phi) is 6.78. The highest BCUT2D eigenvalue weighted by molar-refractivity contribution is 6.16. The number of aromatic nitrogens is 4. The molecule has 0 fully saturated rings. The van der Waals surface area contributed by atoms with Crippen LogP contribution in [0.4, 0.5) is 0 Å². The van der Waals surface area contributed by atoms with Gasteiger partial charge in [-0.25, -0.2) is 15.0 Å². The summed E-state index contributed by atoms with van der Waals surface area (Å²) >= 11 is 0. The second-order valence-corrected chi connectivity index (χ2v) is 12.8. The Balaban J connectivity index is 1.31. The molecule has 0 spiro atoms. The molecule has 0 atom stereocenters. The Hall–Kier alpha value is -6.91. The standard InChI is InChI=1S/C47H30N4/c1-4-15-31(16-5-1)36-24-14-25-38-39(47-49-45(32-17-6-2-7-18-32)48-46(50-47)33-19-8-3-9-20-33)27-28-42(44(36)38)51-41-26-13-12-23-37(41)40-29-34-21-10-11-22-35(34)30-43(40)51/h1-30H. The fraction of sp³-hybridized carbons (Fsp3) is 0. The van der Waals surface area contributed by atoms with Crippen molar-refractivity contribution < 1.29 is 0 Å². The highest BCUT2D eigenvalue weighted by atomic mass is 15.0. The van der Waals surface area contributed by atoms with Gasteiger partial charge in [0.1, 0.15) is 0 Å². The number of fused-ring (bicyclic) bond motifs is 5. The average Bonchev–Trinajstić information content (AvgIpc) is 3.53. The van der Waals surface area contributed by atoms with Crippen LogP contribution in [0.25, 0.3) is 94.3 Å². The zero-order chi connectivity index (χ0) is 33.7. The summed E-state index contributed by atoms with van der Waals surface area (Å²) < 4.78 is 2.44. The summed E-state index contributed by atoms with van der Waals surface area (Å²) in [6.45, 7) is 0. The van der Waals surface area contributed by atoms with Crippen molar-refractivity contribution in [3.63, 3.8) is 0 Å². The molecule has 8 aromatic carbocycles. The first kappa shape index (κ1) is 29.0. The maximum atomic E-state index is 5.15. The Morgan fingerprint density at radius 3 is 1.57 bits per heavy atom. The van der Waals surface area contributed by atoms with Crippen LogP contribution in [0.2, 0.25) is 0 Å². The number of hydrogen-bond donors (Lipinski definition) is 0. The van der Waals surface area contributed by atoms with Gasteiger partial charge in [0, 0.05) is 32.8 Å². The number of hydrogen-bond acceptors (Lipinski definition) is 3. The van der Waals surface area contributed by atoms with Gasteiger partial charge in [-0.15, -0.1) is 0 Å².